The van der Waals surface area contributed by atoms with Gasteiger partial charge < -0.3 is 13.9 Å². The number of nitrogens with one attached hydrogen (secondary N) is 1. The fraction of sp³-hybridized carbons (Fsp3) is 0.360. The minimum atomic E-state index is -0.186. The smallest absolute Gasteiger partial charge is 0.298 e. The standard InChI is InChI=1S/C25H28N4O2/c1-18-9-11-19(12-10-18)20-16-23(24-8-5-15-31-24)29(26-20)25(30)17-28-14-4-7-22(28)21-6-3-13-27(21)2/h3,5-6,8-13,15,22-23H,4,7,14,16-17H2,1-2H3/p+1/t22-,23-/m1/s1. The van der Waals surface area contributed by atoms with Crippen molar-refractivity contribution in [1.29, 1.82) is 0 Å². The summed E-state index contributed by atoms with van der Waals surface area (Å²) in [5, 5.41) is 6.46. The van der Waals surface area contributed by atoms with Crippen molar-refractivity contribution in [2.45, 2.75) is 38.3 Å². The largest absolute Gasteiger partial charge is 0.467 e. The molecule has 2 aliphatic heterocycles. The van der Waals surface area contributed by atoms with E-state index in [2.05, 4.69) is 61.1 Å². The first kappa shape index (κ1) is 19.8. The number of benzene rings is 1. The van der Waals surface area contributed by atoms with Crippen molar-refractivity contribution < 1.29 is 14.1 Å². The van der Waals surface area contributed by atoms with Crippen LogP contribution in [0.4, 0.5) is 0 Å². The molecule has 0 saturated carbocycles. The molecule has 1 saturated heterocycles. The molecule has 0 bridgehead atoms. The Bertz CT molecular complexity index is 1080. The maximum Gasteiger partial charge on any atom is 0.298 e. The van der Waals surface area contributed by atoms with Crippen molar-refractivity contribution in [3.8, 4) is 0 Å². The van der Waals surface area contributed by atoms with Crippen LogP contribution < -0.4 is 4.90 Å². The molecule has 0 radical (unpaired) electrons. The zero-order valence-corrected chi connectivity index (χ0v) is 18.1. The van der Waals surface area contributed by atoms with Gasteiger partial charge in [-0.1, -0.05) is 29.8 Å². The first-order valence-electron chi connectivity index (χ1n) is 11.1. The van der Waals surface area contributed by atoms with Gasteiger partial charge >= 0.3 is 0 Å². The van der Waals surface area contributed by atoms with E-state index in [1.165, 1.54) is 16.2 Å². The zero-order valence-electron chi connectivity index (χ0n) is 18.1. The number of hydrazone groups is 1. The van der Waals surface area contributed by atoms with Gasteiger partial charge in [0.2, 0.25) is 0 Å². The maximum atomic E-state index is 13.5. The molecule has 1 unspecified atom stereocenters. The molecule has 3 atom stereocenters. The monoisotopic (exact) mass is 417 g/mol. The topological polar surface area (TPSA) is 55.2 Å². The van der Waals surface area contributed by atoms with E-state index in [0.717, 1.165) is 36.4 Å². The van der Waals surface area contributed by atoms with E-state index in [9.17, 15) is 4.79 Å². The second-order valence-electron chi connectivity index (χ2n) is 8.71. The Morgan fingerprint density at radius 1 is 1.19 bits per heavy atom. The highest BCUT2D eigenvalue weighted by molar-refractivity contribution is 6.03. The number of carbonyl (C=O) groups excluding carboxylic acids is 1. The lowest BCUT2D eigenvalue weighted by Gasteiger charge is -2.25. The van der Waals surface area contributed by atoms with Crippen molar-refractivity contribution in [2.75, 3.05) is 13.1 Å². The van der Waals surface area contributed by atoms with Crippen molar-refractivity contribution in [3.63, 3.8) is 0 Å². The number of likely N-dealkylation sites (tertiary alicyclic amines) is 1. The summed E-state index contributed by atoms with van der Waals surface area (Å²) in [4.78, 5) is 14.8. The summed E-state index contributed by atoms with van der Waals surface area (Å²) < 4.78 is 7.87. The Kier molecular flexibility index (Phi) is 5.24. The second kappa shape index (κ2) is 8.19. The number of amides is 1. The number of rotatable bonds is 5. The molecular weight excluding hydrogens is 388 g/mol. The van der Waals surface area contributed by atoms with Gasteiger partial charge in [0, 0.05) is 32.5 Å². The number of carbonyl (C=O) groups is 1. The molecule has 1 amide bonds. The Hall–Kier alpha value is -3.12. The van der Waals surface area contributed by atoms with E-state index >= 15 is 0 Å². The van der Waals surface area contributed by atoms with Gasteiger partial charge in [0.25, 0.3) is 5.91 Å². The van der Waals surface area contributed by atoms with Crippen LogP contribution in [0.25, 0.3) is 0 Å². The quantitative estimate of drug-likeness (QED) is 0.694. The summed E-state index contributed by atoms with van der Waals surface area (Å²) in [6.07, 6.45) is 6.66. The van der Waals surface area contributed by atoms with E-state index in [1.807, 2.05) is 12.1 Å². The Balaban J connectivity index is 1.39. The van der Waals surface area contributed by atoms with Gasteiger partial charge in [0.1, 0.15) is 17.8 Å². The molecule has 160 valence electrons. The van der Waals surface area contributed by atoms with Gasteiger partial charge in [-0.05, 0) is 36.8 Å². The van der Waals surface area contributed by atoms with Crippen molar-refractivity contribution in [1.82, 2.24) is 9.58 Å². The molecule has 4 heterocycles. The van der Waals surface area contributed by atoms with Crippen LogP contribution in [-0.2, 0) is 11.8 Å². The number of aromatic nitrogens is 1. The predicted octanol–water partition coefficient (Wildman–Crippen LogP) is 3.02. The van der Waals surface area contributed by atoms with Crippen molar-refractivity contribution in [3.05, 3.63) is 83.6 Å². The number of quaternary nitrogens is 1. The summed E-state index contributed by atoms with van der Waals surface area (Å²) in [5.74, 6) is 0.842. The molecule has 2 aliphatic rings. The molecular formula is C25H29N4O2+. The van der Waals surface area contributed by atoms with E-state index in [1.54, 1.807) is 11.3 Å². The normalized spacial score (nSPS) is 23.4. The Labute approximate surface area is 182 Å². The maximum absolute atomic E-state index is 13.5. The first-order valence-corrected chi connectivity index (χ1v) is 11.1. The molecule has 1 N–H and O–H groups in total. The van der Waals surface area contributed by atoms with E-state index in [0.29, 0.717) is 19.0 Å². The lowest BCUT2D eigenvalue weighted by Crippen LogP contribution is -3.11. The summed E-state index contributed by atoms with van der Waals surface area (Å²) in [6.45, 7) is 3.52. The molecule has 1 aromatic carbocycles. The van der Waals surface area contributed by atoms with Crippen LogP contribution in [0.1, 0.15) is 53.9 Å². The fourth-order valence-electron chi connectivity index (χ4n) is 4.96. The van der Waals surface area contributed by atoms with E-state index < -0.39 is 0 Å². The van der Waals surface area contributed by atoms with E-state index in [4.69, 9.17) is 9.52 Å². The third-order valence-corrected chi connectivity index (χ3v) is 6.63. The minimum absolute atomic E-state index is 0.0552. The zero-order chi connectivity index (χ0) is 21.4. The van der Waals surface area contributed by atoms with Gasteiger partial charge in [0.05, 0.1) is 24.2 Å². The summed E-state index contributed by atoms with van der Waals surface area (Å²) >= 11 is 0. The number of furan rings is 1. The highest BCUT2D eigenvalue weighted by atomic mass is 16.3. The first-order chi connectivity index (χ1) is 15.1. The van der Waals surface area contributed by atoms with Crippen LogP contribution >= 0.6 is 0 Å². The molecule has 6 heteroatoms. The highest BCUT2D eigenvalue weighted by Crippen LogP contribution is 2.33. The number of aryl methyl sites for hydroxylation is 2. The van der Waals surface area contributed by atoms with Crippen molar-refractivity contribution in [2.24, 2.45) is 12.1 Å². The van der Waals surface area contributed by atoms with Gasteiger partial charge in [-0.2, -0.15) is 5.10 Å². The van der Waals surface area contributed by atoms with Crippen LogP contribution in [0.2, 0.25) is 0 Å². The molecule has 2 aromatic heterocycles. The highest BCUT2D eigenvalue weighted by Gasteiger charge is 2.39. The number of hydrogen-bond donors (Lipinski definition) is 1. The van der Waals surface area contributed by atoms with Crippen LogP contribution in [0, 0.1) is 6.92 Å². The fourth-order valence-corrected chi connectivity index (χ4v) is 4.96. The third kappa shape index (κ3) is 3.83. The Morgan fingerprint density at radius 3 is 2.74 bits per heavy atom. The summed E-state index contributed by atoms with van der Waals surface area (Å²) in [5.41, 5.74) is 4.51. The SMILES string of the molecule is Cc1ccc(C2=NN(C(=O)C[NH+]3CCC[C@@H]3c3cccn3C)[C@@H](c3ccco3)C2)cc1. The average Bonchev–Trinajstić information content (AvgIpc) is 3.55. The number of nitrogens with zero attached hydrogens (tertiary/aromatic N) is 3. The van der Waals surface area contributed by atoms with Gasteiger partial charge in [-0.15, -0.1) is 0 Å². The average molecular weight is 418 g/mol. The van der Waals surface area contributed by atoms with Gasteiger partial charge in [-0.3, -0.25) is 4.79 Å². The van der Waals surface area contributed by atoms with Gasteiger partial charge in [-0.25, -0.2) is 5.01 Å². The third-order valence-electron chi connectivity index (χ3n) is 6.63. The molecule has 31 heavy (non-hydrogen) atoms. The molecule has 0 spiro atoms. The molecule has 6 nitrogen and oxygen atoms in total. The van der Waals surface area contributed by atoms with E-state index in [-0.39, 0.29) is 11.9 Å². The Morgan fingerprint density at radius 2 is 2.03 bits per heavy atom. The van der Waals surface area contributed by atoms with Gasteiger partial charge in [0.15, 0.2) is 6.54 Å². The lowest BCUT2D eigenvalue weighted by molar-refractivity contribution is -0.911. The molecule has 5 rings (SSSR count). The van der Waals surface area contributed by atoms with Crippen LogP contribution in [0.3, 0.4) is 0 Å². The minimum Gasteiger partial charge on any atom is -0.467 e. The predicted molar refractivity (Wildman–Crippen MR) is 119 cm³/mol. The van der Waals surface area contributed by atoms with Crippen LogP contribution in [0.5, 0.6) is 0 Å². The van der Waals surface area contributed by atoms with Crippen molar-refractivity contribution >= 4 is 11.6 Å². The summed E-state index contributed by atoms with van der Waals surface area (Å²) in [7, 11) is 2.08. The second-order valence-corrected chi connectivity index (χ2v) is 8.71. The summed E-state index contributed by atoms with van der Waals surface area (Å²) in [6, 6.07) is 16.6. The number of hydrogen-bond acceptors (Lipinski definition) is 3. The molecule has 0 aliphatic carbocycles. The molecule has 1 fully saturated rings. The van der Waals surface area contributed by atoms with Crippen LogP contribution in [0.15, 0.2) is 70.5 Å². The molecule has 3 aromatic rings. The van der Waals surface area contributed by atoms with Crippen LogP contribution in [-0.4, -0.2) is 34.3 Å². The lowest BCUT2D eigenvalue weighted by atomic mass is 10.0.